The van der Waals surface area contributed by atoms with Crippen molar-refractivity contribution in [2.24, 2.45) is 0 Å². The van der Waals surface area contributed by atoms with Crippen LogP contribution in [-0.2, 0) is 9.59 Å². The molecule has 3 rings (SSSR count). The van der Waals surface area contributed by atoms with Crippen LogP contribution in [0.5, 0.6) is 5.75 Å². The second-order valence-electron chi connectivity index (χ2n) is 7.17. The van der Waals surface area contributed by atoms with E-state index < -0.39 is 12.0 Å². The van der Waals surface area contributed by atoms with Gasteiger partial charge in [0.05, 0.1) is 0 Å². The number of nitrogens with one attached hydrogen (secondary N) is 2. The van der Waals surface area contributed by atoms with Gasteiger partial charge in [-0.05, 0) is 37.3 Å². The monoisotopic (exact) mass is 430 g/mol. The van der Waals surface area contributed by atoms with Crippen molar-refractivity contribution < 1.29 is 14.3 Å². The van der Waals surface area contributed by atoms with Crippen molar-refractivity contribution in [3.63, 3.8) is 0 Å². The molecule has 2 aromatic rings. The lowest BCUT2D eigenvalue weighted by Crippen LogP contribution is -2.49. The first-order valence-corrected chi connectivity index (χ1v) is 10.4. The van der Waals surface area contributed by atoms with Crippen LogP contribution in [0.15, 0.2) is 54.6 Å². The highest BCUT2D eigenvalue weighted by atomic mass is 35.5. The van der Waals surface area contributed by atoms with E-state index in [2.05, 4.69) is 32.8 Å². The first-order chi connectivity index (χ1) is 14.5. The molecule has 30 heavy (non-hydrogen) atoms. The molecule has 8 heteroatoms. The summed E-state index contributed by atoms with van der Waals surface area (Å²) in [4.78, 5) is 28.8. The molecule has 0 aromatic heterocycles. The van der Waals surface area contributed by atoms with Crippen molar-refractivity contribution in [1.29, 1.82) is 0 Å². The van der Waals surface area contributed by atoms with Gasteiger partial charge in [-0.25, -0.2) is 0 Å². The number of piperazine rings is 1. The quantitative estimate of drug-likeness (QED) is 0.660. The lowest BCUT2D eigenvalue weighted by atomic mass is 10.2. The van der Waals surface area contributed by atoms with E-state index in [0.29, 0.717) is 23.7 Å². The van der Waals surface area contributed by atoms with Gasteiger partial charge in [0.1, 0.15) is 5.75 Å². The average Bonchev–Trinajstić information content (AvgIpc) is 2.77. The third kappa shape index (κ3) is 6.64. The van der Waals surface area contributed by atoms with Crippen molar-refractivity contribution in [3.8, 4) is 5.75 Å². The predicted octanol–water partition coefficient (Wildman–Crippen LogP) is 2.47. The fraction of sp³-hybridized carbons (Fsp3) is 0.364. The predicted molar refractivity (Wildman–Crippen MR) is 118 cm³/mol. The number of nitrogens with zero attached hydrogens (tertiary/aromatic N) is 2. The first-order valence-electron chi connectivity index (χ1n) is 10.0. The highest BCUT2D eigenvalue weighted by molar-refractivity contribution is 6.30. The molecular weight excluding hydrogens is 404 g/mol. The second kappa shape index (κ2) is 10.8. The SMILES string of the molecule is CC(Oc1cccc(Cl)c1)C(=O)NNC(=O)CCN1CCN(c2ccccc2)CC1. The van der Waals surface area contributed by atoms with Gasteiger partial charge in [-0.2, -0.15) is 0 Å². The normalized spacial score (nSPS) is 15.3. The van der Waals surface area contributed by atoms with Gasteiger partial charge in [0.15, 0.2) is 6.10 Å². The van der Waals surface area contributed by atoms with Gasteiger partial charge in [0, 0.05) is 49.9 Å². The number of carbonyl (C=O) groups excluding carboxylic acids is 2. The Labute approximate surface area is 181 Å². The smallest absolute Gasteiger partial charge is 0.279 e. The number of para-hydroxylation sites is 1. The number of halogens is 1. The molecule has 7 nitrogen and oxygen atoms in total. The van der Waals surface area contributed by atoms with Crippen LogP contribution >= 0.6 is 11.6 Å². The van der Waals surface area contributed by atoms with Gasteiger partial charge in [-0.3, -0.25) is 25.3 Å². The molecule has 1 aliphatic heterocycles. The molecule has 1 saturated heterocycles. The van der Waals surface area contributed by atoms with Crippen LogP contribution < -0.4 is 20.5 Å². The van der Waals surface area contributed by atoms with E-state index in [-0.39, 0.29) is 5.91 Å². The van der Waals surface area contributed by atoms with Crippen molar-refractivity contribution in [3.05, 3.63) is 59.6 Å². The number of benzene rings is 2. The Hall–Kier alpha value is -2.77. The third-order valence-corrected chi connectivity index (χ3v) is 5.19. The third-order valence-electron chi connectivity index (χ3n) is 4.95. The number of amides is 2. The molecule has 0 aliphatic carbocycles. The molecule has 0 bridgehead atoms. The standard InChI is InChI=1S/C22H27ClN4O3/c1-17(30-20-9-5-6-18(23)16-20)22(29)25-24-21(28)10-11-26-12-14-27(15-13-26)19-7-3-2-4-8-19/h2-9,16-17H,10-15H2,1H3,(H,24,28)(H,25,29). The fourth-order valence-electron chi connectivity index (χ4n) is 3.22. The highest BCUT2D eigenvalue weighted by Crippen LogP contribution is 2.18. The Morgan fingerprint density at radius 3 is 2.47 bits per heavy atom. The zero-order chi connectivity index (χ0) is 21.3. The zero-order valence-corrected chi connectivity index (χ0v) is 17.8. The van der Waals surface area contributed by atoms with Crippen molar-refractivity contribution in [2.75, 3.05) is 37.6 Å². The number of anilines is 1. The van der Waals surface area contributed by atoms with Crippen molar-refractivity contribution in [2.45, 2.75) is 19.4 Å². The molecule has 0 radical (unpaired) electrons. The number of hydrogen-bond acceptors (Lipinski definition) is 5. The summed E-state index contributed by atoms with van der Waals surface area (Å²) in [5, 5.41) is 0.526. The molecule has 1 aliphatic rings. The molecule has 2 aromatic carbocycles. The Kier molecular flexibility index (Phi) is 7.93. The van der Waals surface area contributed by atoms with E-state index in [1.165, 1.54) is 5.69 Å². The van der Waals surface area contributed by atoms with Crippen LogP contribution in [0.25, 0.3) is 0 Å². The summed E-state index contributed by atoms with van der Waals surface area (Å²) >= 11 is 5.90. The van der Waals surface area contributed by atoms with Crippen LogP contribution in [0.4, 0.5) is 5.69 Å². The van der Waals surface area contributed by atoms with Crippen LogP contribution in [0, 0.1) is 0 Å². The second-order valence-corrected chi connectivity index (χ2v) is 7.61. The number of carbonyl (C=O) groups is 2. The van der Waals surface area contributed by atoms with Gasteiger partial charge >= 0.3 is 0 Å². The Bertz CT molecular complexity index is 841. The van der Waals surface area contributed by atoms with Gasteiger partial charge in [0.2, 0.25) is 5.91 Å². The number of rotatable bonds is 7. The summed E-state index contributed by atoms with van der Waals surface area (Å²) in [6, 6.07) is 17.1. The van der Waals surface area contributed by atoms with Crippen molar-refractivity contribution in [1.82, 2.24) is 15.8 Å². The maximum atomic E-state index is 12.1. The minimum atomic E-state index is -0.769. The summed E-state index contributed by atoms with van der Waals surface area (Å²) in [6.07, 6.45) is -0.454. The van der Waals surface area contributed by atoms with Crippen LogP contribution in [0.2, 0.25) is 5.02 Å². The summed E-state index contributed by atoms with van der Waals surface area (Å²) in [6.45, 7) is 5.92. The number of hydrogen-bond donors (Lipinski definition) is 2. The van der Waals surface area contributed by atoms with E-state index >= 15 is 0 Å². The minimum Gasteiger partial charge on any atom is -0.481 e. The van der Waals surface area contributed by atoms with Gasteiger partial charge < -0.3 is 9.64 Å². The van der Waals surface area contributed by atoms with Crippen LogP contribution in [0.3, 0.4) is 0 Å². The largest absolute Gasteiger partial charge is 0.481 e. The molecule has 0 spiro atoms. The molecule has 2 amide bonds. The van der Waals surface area contributed by atoms with Gasteiger partial charge in [-0.15, -0.1) is 0 Å². The number of ether oxygens (including phenoxy) is 1. The van der Waals surface area contributed by atoms with Crippen LogP contribution in [0.1, 0.15) is 13.3 Å². The highest BCUT2D eigenvalue weighted by Gasteiger charge is 2.19. The zero-order valence-electron chi connectivity index (χ0n) is 17.0. The van der Waals surface area contributed by atoms with Crippen LogP contribution in [-0.4, -0.2) is 55.5 Å². The lowest BCUT2D eigenvalue weighted by Gasteiger charge is -2.36. The van der Waals surface area contributed by atoms with E-state index in [0.717, 1.165) is 26.2 Å². The van der Waals surface area contributed by atoms with E-state index in [1.807, 2.05) is 18.2 Å². The molecule has 1 atom stereocenters. The maximum absolute atomic E-state index is 12.1. The Morgan fingerprint density at radius 1 is 1.03 bits per heavy atom. The summed E-state index contributed by atoms with van der Waals surface area (Å²) in [5.41, 5.74) is 6.09. The molecule has 1 heterocycles. The van der Waals surface area contributed by atoms with E-state index in [1.54, 1.807) is 31.2 Å². The molecule has 1 fully saturated rings. The summed E-state index contributed by atoms with van der Waals surface area (Å²) < 4.78 is 5.53. The number of hydrazine groups is 1. The Balaban J connectivity index is 1.32. The van der Waals surface area contributed by atoms with Crippen molar-refractivity contribution >= 4 is 29.1 Å². The summed E-state index contributed by atoms with van der Waals surface area (Å²) in [7, 11) is 0. The van der Waals surface area contributed by atoms with E-state index in [4.69, 9.17) is 16.3 Å². The minimum absolute atomic E-state index is 0.233. The Morgan fingerprint density at radius 2 is 1.77 bits per heavy atom. The van der Waals surface area contributed by atoms with Gasteiger partial charge in [0.25, 0.3) is 5.91 Å². The first kappa shape index (κ1) is 21.9. The molecule has 2 N–H and O–H groups in total. The molecule has 160 valence electrons. The lowest BCUT2D eigenvalue weighted by molar-refractivity contribution is -0.132. The molecular formula is C22H27ClN4O3. The fourth-order valence-corrected chi connectivity index (χ4v) is 3.40. The topological polar surface area (TPSA) is 73.9 Å². The molecule has 1 unspecified atom stereocenters. The molecule has 0 saturated carbocycles. The average molecular weight is 431 g/mol. The maximum Gasteiger partial charge on any atom is 0.279 e. The van der Waals surface area contributed by atoms with Gasteiger partial charge in [-0.1, -0.05) is 35.9 Å². The van der Waals surface area contributed by atoms with E-state index in [9.17, 15) is 9.59 Å². The summed E-state index contributed by atoms with van der Waals surface area (Å²) in [5.74, 6) is -0.172.